The van der Waals surface area contributed by atoms with Crippen LogP contribution in [0.3, 0.4) is 0 Å². The number of hydrogen-bond acceptors (Lipinski definition) is 3. The topological polar surface area (TPSA) is 41.1 Å². The largest absolute Gasteiger partial charge is 0.365 e. The van der Waals surface area contributed by atoms with E-state index in [0.29, 0.717) is 11.5 Å². The van der Waals surface area contributed by atoms with Gasteiger partial charge in [-0.05, 0) is 23.7 Å². The normalized spacial score (nSPS) is 9.31. The maximum Gasteiger partial charge on any atom is 0.231 e. The zero-order chi connectivity index (χ0) is 9.68. The van der Waals surface area contributed by atoms with Gasteiger partial charge in [-0.3, -0.25) is 4.79 Å². The van der Waals surface area contributed by atoms with Crippen molar-refractivity contribution >= 4 is 34.6 Å². The van der Waals surface area contributed by atoms with E-state index in [1.54, 1.807) is 18.4 Å². The van der Waals surface area contributed by atoms with Gasteiger partial charge < -0.3 is 10.6 Å². The highest BCUT2D eigenvalue weighted by molar-refractivity contribution is 7.80. The molecular formula is C8H10N2OS2. The number of carbonyl (C=O) groups is 1. The molecular weight excluding hydrogens is 204 g/mol. The molecule has 0 bridgehead atoms. The molecule has 0 aliphatic carbocycles. The highest BCUT2D eigenvalue weighted by atomic mass is 32.1. The van der Waals surface area contributed by atoms with Crippen LogP contribution in [0.15, 0.2) is 17.5 Å². The quantitative estimate of drug-likeness (QED) is 0.719. The Morgan fingerprint density at radius 3 is 3.00 bits per heavy atom. The minimum atomic E-state index is -0.0817. The van der Waals surface area contributed by atoms with E-state index in [9.17, 15) is 4.79 Å². The highest BCUT2D eigenvalue weighted by Gasteiger charge is 2.04. The summed E-state index contributed by atoms with van der Waals surface area (Å²) in [6, 6.07) is 3.84. The first-order valence-electron chi connectivity index (χ1n) is 3.76. The Morgan fingerprint density at radius 1 is 1.69 bits per heavy atom. The average Bonchev–Trinajstić information content (AvgIpc) is 2.56. The molecule has 0 saturated heterocycles. The highest BCUT2D eigenvalue weighted by Crippen LogP contribution is 2.08. The first-order valence-corrected chi connectivity index (χ1v) is 5.05. The number of amides is 1. The Bertz CT molecular complexity index is 295. The molecule has 13 heavy (non-hydrogen) atoms. The molecule has 0 spiro atoms. The Morgan fingerprint density at radius 2 is 2.46 bits per heavy atom. The van der Waals surface area contributed by atoms with E-state index in [4.69, 9.17) is 12.2 Å². The Labute approximate surface area is 86.2 Å². The maximum absolute atomic E-state index is 11.2. The minimum Gasteiger partial charge on any atom is -0.365 e. The molecule has 0 unspecified atom stereocenters. The summed E-state index contributed by atoms with van der Waals surface area (Å²) in [6.45, 7) is 0. The molecule has 0 aliphatic heterocycles. The summed E-state index contributed by atoms with van der Waals surface area (Å²) in [5.41, 5.74) is 0. The molecule has 0 atom stereocenters. The number of thiophene rings is 1. The molecule has 1 rings (SSSR count). The van der Waals surface area contributed by atoms with E-state index in [0.717, 1.165) is 4.88 Å². The van der Waals surface area contributed by atoms with Crippen LogP contribution in [-0.2, 0) is 11.2 Å². The fourth-order valence-corrected chi connectivity index (χ4v) is 1.62. The van der Waals surface area contributed by atoms with E-state index < -0.39 is 0 Å². The summed E-state index contributed by atoms with van der Waals surface area (Å²) >= 11 is 6.35. The lowest BCUT2D eigenvalue weighted by Crippen LogP contribution is -2.37. The van der Waals surface area contributed by atoms with Gasteiger partial charge >= 0.3 is 0 Å². The van der Waals surface area contributed by atoms with Gasteiger partial charge in [0.25, 0.3) is 0 Å². The average molecular weight is 214 g/mol. The van der Waals surface area contributed by atoms with Crippen molar-refractivity contribution in [1.29, 1.82) is 0 Å². The monoisotopic (exact) mass is 214 g/mol. The van der Waals surface area contributed by atoms with Gasteiger partial charge in [-0.1, -0.05) is 6.07 Å². The van der Waals surface area contributed by atoms with Crippen molar-refractivity contribution in [2.45, 2.75) is 6.42 Å². The second-order valence-electron chi connectivity index (χ2n) is 2.38. The van der Waals surface area contributed by atoms with Crippen molar-refractivity contribution in [3.8, 4) is 0 Å². The summed E-state index contributed by atoms with van der Waals surface area (Å²) < 4.78 is 0. The minimum absolute atomic E-state index is 0.0817. The number of rotatable bonds is 2. The molecule has 5 heteroatoms. The van der Waals surface area contributed by atoms with Crippen molar-refractivity contribution in [3.05, 3.63) is 22.4 Å². The van der Waals surface area contributed by atoms with E-state index >= 15 is 0 Å². The molecule has 3 nitrogen and oxygen atoms in total. The molecule has 0 aliphatic rings. The second kappa shape index (κ2) is 4.94. The summed E-state index contributed by atoms with van der Waals surface area (Å²) in [5, 5.41) is 7.54. The molecule has 1 amide bonds. The molecule has 1 aromatic rings. The maximum atomic E-state index is 11.2. The van der Waals surface area contributed by atoms with Crippen LogP contribution in [0.2, 0.25) is 0 Å². The molecule has 0 aromatic carbocycles. The van der Waals surface area contributed by atoms with Gasteiger partial charge in [-0.15, -0.1) is 11.3 Å². The Kier molecular flexibility index (Phi) is 3.85. The van der Waals surface area contributed by atoms with Crippen molar-refractivity contribution < 1.29 is 4.79 Å². The van der Waals surface area contributed by atoms with Crippen molar-refractivity contribution in [1.82, 2.24) is 10.6 Å². The van der Waals surface area contributed by atoms with Gasteiger partial charge in [-0.25, -0.2) is 0 Å². The number of carbonyl (C=O) groups excluding carboxylic acids is 1. The number of nitrogens with one attached hydrogen (secondary N) is 2. The van der Waals surface area contributed by atoms with Crippen LogP contribution in [0.4, 0.5) is 0 Å². The van der Waals surface area contributed by atoms with Gasteiger partial charge in [0.15, 0.2) is 5.11 Å². The first-order chi connectivity index (χ1) is 6.22. The van der Waals surface area contributed by atoms with Crippen LogP contribution >= 0.6 is 23.6 Å². The molecule has 1 aromatic heterocycles. The zero-order valence-electron chi connectivity index (χ0n) is 7.16. The summed E-state index contributed by atoms with van der Waals surface area (Å²) in [4.78, 5) is 12.3. The summed E-state index contributed by atoms with van der Waals surface area (Å²) in [6.07, 6.45) is 0.388. The number of hydrogen-bond donors (Lipinski definition) is 2. The van der Waals surface area contributed by atoms with Crippen molar-refractivity contribution in [2.24, 2.45) is 0 Å². The lowest BCUT2D eigenvalue weighted by molar-refractivity contribution is -0.119. The van der Waals surface area contributed by atoms with E-state index in [1.807, 2.05) is 17.5 Å². The van der Waals surface area contributed by atoms with Gasteiger partial charge in [0.2, 0.25) is 5.91 Å². The van der Waals surface area contributed by atoms with Crippen LogP contribution in [0.5, 0.6) is 0 Å². The molecule has 2 N–H and O–H groups in total. The predicted octanol–water partition coefficient (Wildman–Crippen LogP) is 0.911. The standard InChI is InChI=1S/C8H10N2OS2/c1-9-8(12)10-7(11)5-6-3-2-4-13-6/h2-4H,5H2,1H3,(H2,9,10,11,12). The van der Waals surface area contributed by atoms with Gasteiger partial charge in [0.1, 0.15) is 0 Å². The third-order valence-corrected chi connectivity index (χ3v) is 2.58. The summed E-state index contributed by atoms with van der Waals surface area (Å²) in [5.74, 6) is -0.0817. The van der Waals surface area contributed by atoms with Gasteiger partial charge in [0.05, 0.1) is 6.42 Å². The third kappa shape index (κ3) is 3.52. The van der Waals surface area contributed by atoms with Crippen LogP contribution in [-0.4, -0.2) is 18.1 Å². The third-order valence-electron chi connectivity index (χ3n) is 1.39. The van der Waals surface area contributed by atoms with E-state index in [2.05, 4.69) is 10.6 Å². The lowest BCUT2D eigenvalue weighted by Gasteiger charge is -2.03. The van der Waals surface area contributed by atoms with Crippen LogP contribution in [0, 0.1) is 0 Å². The van der Waals surface area contributed by atoms with E-state index in [1.165, 1.54) is 0 Å². The summed E-state index contributed by atoms with van der Waals surface area (Å²) in [7, 11) is 1.67. The van der Waals surface area contributed by atoms with Crippen molar-refractivity contribution in [3.63, 3.8) is 0 Å². The smallest absolute Gasteiger partial charge is 0.231 e. The van der Waals surface area contributed by atoms with Crippen LogP contribution < -0.4 is 10.6 Å². The number of thiocarbonyl (C=S) groups is 1. The molecule has 0 fully saturated rings. The van der Waals surface area contributed by atoms with Crippen LogP contribution in [0.1, 0.15) is 4.88 Å². The molecule has 70 valence electrons. The fraction of sp³-hybridized carbons (Fsp3) is 0.250. The molecule has 0 saturated carbocycles. The second-order valence-corrected chi connectivity index (χ2v) is 3.82. The van der Waals surface area contributed by atoms with Gasteiger partial charge in [0, 0.05) is 11.9 Å². The Hall–Kier alpha value is -0.940. The van der Waals surface area contributed by atoms with Crippen LogP contribution in [0.25, 0.3) is 0 Å². The Balaban J connectivity index is 2.38. The zero-order valence-corrected chi connectivity index (χ0v) is 8.80. The molecule has 1 heterocycles. The first kappa shape index (κ1) is 10.1. The lowest BCUT2D eigenvalue weighted by atomic mass is 10.3. The van der Waals surface area contributed by atoms with Gasteiger partial charge in [-0.2, -0.15) is 0 Å². The van der Waals surface area contributed by atoms with E-state index in [-0.39, 0.29) is 5.91 Å². The van der Waals surface area contributed by atoms with Crippen molar-refractivity contribution in [2.75, 3.05) is 7.05 Å². The molecule has 0 radical (unpaired) electrons. The fourth-order valence-electron chi connectivity index (χ4n) is 0.805. The SMILES string of the molecule is CNC(=S)NC(=O)Cc1cccs1. The predicted molar refractivity (Wildman–Crippen MR) is 57.8 cm³/mol.